The number of aliphatic hydroxyl groups excluding tert-OH is 1. The van der Waals surface area contributed by atoms with Gasteiger partial charge >= 0.3 is 0 Å². The molecule has 2 nitrogen and oxygen atoms in total. The molecule has 0 fully saturated rings. The fourth-order valence-corrected chi connectivity index (χ4v) is 1.56. The highest BCUT2D eigenvalue weighted by Gasteiger charge is 2.16. The van der Waals surface area contributed by atoms with Gasteiger partial charge in [0, 0.05) is 10.5 Å². The van der Waals surface area contributed by atoms with Crippen LogP contribution in [0.4, 0.5) is 8.78 Å². The SMILES string of the molecule is CSc1ccc(C(N)CO)c(F)c1F. The second kappa shape index (κ2) is 4.72. The number of halogens is 2. The minimum absolute atomic E-state index is 0.00259. The van der Waals surface area contributed by atoms with Crippen molar-refractivity contribution in [1.82, 2.24) is 0 Å². The van der Waals surface area contributed by atoms with Gasteiger partial charge in [-0.3, -0.25) is 0 Å². The molecule has 78 valence electrons. The van der Waals surface area contributed by atoms with Crippen LogP contribution in [0, 0.1) is 11.6 Å². The van der Waals surface area contributed by atoms with E-state index in [2.05, 4.69) is 0 Å². The molecule has 0 aromatic heterocycles. The molecule has 1 atom stereocenters. The van der Waals surface area contributed by atoms with Gasteiger partial charge in [-0.2, -0.15) is 0 Å². The van der Waals surface area contributed by atoms with Crippen LogP contribution in [0.2, 0.25) is 0 Å². The van der Waals surface area contributed by atoms with Gasteiger partial charge in [0.15, 0.2) is 11.6 Å². The predicted octanol–water partition coefficient (Wildman–Crippen LogP) is 1.68. The summed E-state index contributed by atoms with van der Waals surface area (Å²) < 4.78 is 26.5. The van der Waals surface area contributed by atoms with Gasteiger partial charge in [-0.05, 0) is 12.3 Å². The summed E-state index contributed by atoms with van der Waals surface area (Å²) in [5.41, 5.74) is 5.39. The maximum absolute atomic E-state index is 13.3. The van der Waals surface area contributed by atoms with Crippen molar-refractivity contribution < 1.29 is 13.9 Å². The molecule has 0 spiro atoms. The zero-order valence-electron chi connectivity index (χ0n) is 7.63. The van der Waals surface area contributed by atoms with Crippen molar-refractivity contribution in [2.45, 2.75) is 10.9 Å². The zero-order valence-corrected chi connectivity index (χ0v) is 8.44. The monoisotopic (exact) mass is 219 g/mol. The van der Waals surface area contributed by atoms with E-state index in [1.807, 2.05) is 0 Å². The van der Waals surface area contributed by atoms with Gasteiger partial charge in [-0.15, -0.1) is 11.8 Å². The molecular formula is C9H11F2NOS. The second-order valence-corrected chi connectivity index (χ2v) is 3.62. The largest absolute Gasteiger partial charge is 0.394 e. The van der Waals surface area contributed by atoms with E-state index in [1.54, 1.807) is 6.26 Å². The lowest BCUT2D eigenvalue weighted by Crippen LogP contribution is -2.16. The molecule has 0 amide bonds. The second-order valence-electron chi connectivity index (χ2n) is 2.77. The molecule has 0 heterocycles. The summed E-state index contributed by atoms with van der Waals surface area (Å²) in [6.07, 6.45) is 1.66. The first-order valence-corrected chi connectivity index (χ1v) is 5.22. The van der Waals surface area contributed by atoms with Gasteiger partial charge in [0.25, 0.3) is 0 Å². The zero-order chi connectivity index (χ0) is 10.7. The van der Waals surface area contributed by atoms with Crippen molar-refractivity contribution in [2.75, 3.05) is 12.9 Å². The summed E-state index contributed by atoms with van der Waals surface area (Å²) >= 11 is 1.12. The predicted molar refractivity (Wildman–Crippen MR) is 52.2 cm³/mol. The first-order chi connectivity index (χ1) is 6.61. The van der Waals surface area contributed by atoms with E-state index in [0.29, 0.717) is 0 Å². The molecule has 0 saturated carbocycles. The Morgan fingerprint density at radius 3 is 2.57 bits per heavy atom. The average Bonchev–Trinajstić information content (AvgIpc) is 2.21. The summed E-state index contributed by atoms with van der Waals surface area (Å²) in [6, 6.07) is 1.97. The lowest BCUT2D eigenvalue weighted by atomic mass is 10.1. The molecule has 1 aromatic carbocycles. The summed E-state index contributed by atoms with van der Waals surface area (Å²) in [6.45, 7) is -0.408. The van der Waals surface area contributed by atoms with Crippen molar-refractivity contribution >= 4 is 11.8 Å². The van der Waals surface area contributed by atoms with E-state index in [-0.39, 0.29) is 10.5 Å². The first kappa shape index (κ1) is 11.4. The number of rotatable bonds is 3. The van der Waals surface area contributed by atoms with E-state index in [9.17, 15) is 8.78 Å². The van der Waals surface area contributed by atoms with E-state index in [0.717, 1.165) is 11.8 Å². The van der Waals surface area contributed by atoms with Gasteiger partial charge in [-0.1, -0.05) is 6.07 Å². The molecule has 14 heavy (non-hydrogen) atoms. The van der Waals surface area contributed by atoms with Gasteiger partial charge < -0.3 is 10.8 Å². The fourth-order valence-electron chi connectivity index (χ4n) is 1.09. The van der Waals surface area contributed by atoms with Crippen molar-refractivity contribution in [2.24, 2.45) is 5.73 Å². The van der Waals surface area contributed by atoms with Crippen molar-refractivity contribution in [3.63, 3.8) is 0 Å². The van der Waals surface area contributed by atoms with Crippen LogP contribution >= 0.6 is 11.8 Å². The Balaban J connectivity index is 3.17. The Labute approximate surface area is 85.1 Å². The molecule has 5 heteroatoms. The van der Waals surface area contributed by atoms with Crippen LogP contribution in [0.25, 0.3) is 0 Å². The Bertz CT molecular complexity index is 333. The van der Waals surface area contributed by atoms with Gasteiger partial charge in [-0.25, -0.2) is 8.78 Å². The highest BCUT2D eigenvalue weighted by atomic mass is 32.2. The molecule has 3 N–H and O–H groups in total. The minimum Gasteiger partial charge on any atom is -0.394 e. The third kappa shape index (κ3) is 2.05. The number of nitrogens with two attached hydrogens (primary N) is 1. The Kier molecular flexibility index (Phi) is 3.86. The third-order valence-corrected chi connectivity index (χ3v) is 2.65. The molecule has 0 bridgehead atoms. The smallest absolute Gasteiger partial charge is 0.172 e. The van der Waals surface area contributed by atoms with Crippen LogP contribution in [-0.4, -0.2) is 18.0 Å². The van der Waals surface area contributed by atoms with Crippen molar-refractivity contribution in [1.29, 1.82) is 0 Å². The standard InChI is InChI=1S/C9H11F2NOS/c1-14-7-3-2-5(6(12)4-13)8(10)9(7)11/h2-3,6,13H,4,12H2,1H3. The third-order valence-electron chi connectivity index (χ3n) is 1.89. The van der Waals surface area contributed by atoms with E-state index < -0.39 is 24.3 Å². The number of aliphatic hydroxyl groups is 1. The number of thioether (sulfide) groups is 1. The maximum atomic E-state index is 13.3. The normalized spacial score (nSPS) is 12.9. The summed E-state index contributed by atoms with van der Waals surface area (Å²) in [4.78, 5) is 0.233. The summed E-state index contributed by atoms with van der Waals surface area (Å²) in [7, 11) is 0. The summed E-state index contributed by atoms with van der Waals surface area (Å²) in [5.74, 6) is -1.88. The maximum Gasteiger partial charge on any atom is 0.172 e. The van der Waals surface area contributed by atoms with Crippen LogP contribution in [0.1, 0.15) is 11.6 Å². The van der Waals surface area contributed by atoms with Crippen LogP contribution in [0.5, 0.6) is 0 Å². The molecule has 0 aliphatic carbocycles. The van der Waals surface area contributed by atoms with Crippen LogP contribution < -0.4 is 5.73 Å². The lowest BCUT2D eigenvalue weighted by Gasteiger charge is -2.11. The van der Waals surface area contributed by atoms with E-state index in [1.165, 1.54) is 12.1 Å². The number of hydrogen-bond donors (Lipinski definition) is 2. The van der Waals surface area contributed by atoms with Crippen LogP contribution in [-0.2, 0) is 0 Å². The molecule has 1 unspecified atom stereocenters. The average molecular weight is 219 g/mol. The minimum atomic E-state index is -0.974. The van der Waals surface area contributed by atoms with E-state index in [4.69, 9.17) is 10.8 Å². The van der Waals surface area contributed by atoms with Crippen molar-refractivity contribution in [3.05, 3.63) is 29.3 Å². The number of hydrogen-bond acceptors (Lipinski definition) is 3. The molecular weight excluding hydrogens is 208 g/mol. The fraction of sp³-hybridized carbons (Fsp3) is 0.333. The molecule has 0 aliphatic rings. The highest BCUT2D eigenvalue weighted by Crippen LogP contribution is 2.25. The molecule has 0 radical (unpaired) electrons. The van der Waals surface area contributed by atoms with Gasteiger partial charge in [0.1, 0.15) is 0 Å². The van der Waals surface area contributed by atoms with Crippen LogP contribution in [0.3, 0.4) is 0 Å². The van der Waals surface area contributed by atoms with E-state index >= 15 is 0 Å². The number of benzene rings is 1. The molecule has 1 aromatic rings. The Morgan fingerprint density at radius 2 is 2.07 bits per heavy atom. The molecule has 0 saturated heterocycles. The van der Waals surface area contributed by atoms with Gasteiger partial charge in [0.05, 0.1) is 12.6 Å². The first-order valence-electron chi connectivity index (χ1n) is 4.00. The van der Waals surface area contributed by atoms with Gasteiger partial charge in [0.2, 0.25) is 0 Å². The van der Waals surface area contributed by atoms with Crippen LogP contribution in [0.15, 0.2) is 17.0 Å². The van der Waals surface area contributed by atoms with Crippen molar-refractivity contribution in [3.8, 4) is 0 Å². The molecule has 1 rings (SSSR count). The lowest BCUT2D eigenvalue weighted by molar-refractivity contribution is 0.264. The molecule has 0 aliphatic heterocycles. The Hall–Kier alpha value is -0.650. The highest BCUT2D eigenvalue weighted by molar-refractivity contribution is 7.98. The Morgan fingerprint density at radius 1 is 1.43 bits per heavy atom. The summed E-state index contributed by atoms with van der Waals surface area (Å²) in [5, 5.41) is 8.71. The quantitative estimate of drug-likeness (QED) is 0.760. The topological polar surface area (TPSA) is 46.2 Å².